The normalized spacial score (nSPS) is 10.8. The topological polar surface area (TPSA) is 59.3 Å². The molecule has 0 aliphatic heterocycles. The maximum Gasteiger partial charge on any atom is 0.354 e. The van der Waals surface area contributed by atoms with Crippen LogP contribution in [0.15, 0.2) is 82.8 Å². The number of carbonyl (C=O) groups excluding carboxylic acids is 1. The molecular weight excluding hydrogens is 418 g/mol. The predicted molar refractivity (Wildman–Crippen MR) is 112 cm³/mol. The molecule has 28 heavy (non-hydrogen) atoms. The molecule has 138 valence electrons. The van der Waals surface area contributed by atoms with Gasteiger partial charge in [0.15, 0.2) is 0 Å². The molecule has 3 aromatic rings. The summed E-state index contributed by atoms with van der Waals surface area (Å²) in [5.41, 5.74) is 2.53. The van der Waals surface area contributed by atoms with Crippen molar-refractivity contribution in [2.24, 2.45) is 0 Å². The number of carbonyl (C=O) groups is 1. The van der Waals surface area contributed by atoms with E-state index in [1.54, 1.807) is 24.3 Å². The molecule has 4 nitrogen and oxygen atoms in total. The highest BCUT2D eigenvalue weighted by atomic mass is 79.9. The minimum atomic E-state index is -0.735. The van der Waals surface area contributed by atoms with Crippen molar-refractivity contribution < 1.29 is 14.3 Å². The summed E-state index contributed by atoms with van der Waals surface area (Å²) >= 11 is 3.43. The number of nitrogens with zero attached hydrogens (tertiary/aromatic N) is 1. The molecule has 0 aromatic heterocycles. The number of halogens is 1. The summed E-state index contributed by atoms with van der Waals surface area (Å²) in [5.74, 6) is 0.170. The molecule has 0 heterocycles. The molecule has 0 saturated carbocycles. The van der Waals surface area contributed by atoms with Crippen LogP contribution in [0.5, 0.6) is 11.5 Å². The molecule has 0 N–H and O–H groups in total. The number of methoxy groups -OCH3 is 1. The Bertz CT molecular complexity index is 1070. The highest BCUT2D eigenvalue weighted by Gasteiger charge is 2.15. The SMILES string of the molecule is COc1ccccc1/C=C(\C#N)C(=O)Oc1ccc(-c2ccccc2)cc1Br. The lowest BCUT2D eigenvalue weighted by Gasteiger charge is -2.09. The fourth-order valence-corrected chi connectivity index (χ4v) is 3.09. The van der Waals surface area contributed by atoms with Gasteiger partial charge in [0.05, 0.1) is 11.6 Å². The van der Waals surface area contributed by atoms with Gasteiger partial charge in [-0.2, -0.15) is 5.26 Å². The number of hydrogen-bond acceptors (Lipinski definition) is 4. The molecule has 0 radical (unpaired) electrons. The van der Waals surface area contributed by atoms with Gasteiger partial charge in [0, 0.05) is 5.56 Å². The molecule has 5 heteroatoms. The van der Waals surface area contributed by atoms with Gasteiger partial charge in [0.2, 0.25) is 0 Å². The van der Waals surface area contributed by atoms with Crippen LogP contribution in [0, 0.1) is 11.3 Å². The van der Waals surface area contributed by atoms with Crippen molar-refractivity contribution in [1.29, 1.82) is 5.26 Å². The van der Waals surface area contributed by atoms with Gasteiger partial charge in [0.25, 0.3) is 0 Å². The van der Waals surface area contributed by atoms with E-state index < -0.39 is 5.97 Å². The summed E-state index contributed by atoms with van der Waals surface area (Å²) in [6, 6.07) is 24.3. The van der Waals surface area contributed by atoms with Crippen molar-refractivity contribution >= 4 is 28.0 Å². The van der Waals surface area contributed by atoms with Crippen LogP contribution in [-0.2, 0) is 4.79 Å². The molecule has 0 amide bonds. The monoisotopic (exact) mass is 433 g/mol. The number of esters is 1. The van der Waals surface area contributed by atoms with Gasteiger partial charge in [-0.05, 0) is 51.3 Å². The first kappa shape index (κ1) is 19.4. The summed E-state index contributed by atoms with van der Waals surface area (Å²) in [6.07, 6.45) is 1.45. The summed E-state index contributed by atoms with van der Waals surface area (Å²) < 4.78 is 11.3. The lowest BCUT2D eigenvalue weighted by molar-refractivity contribution is -0.129. The predicted octanol–water partition coefficient (Wildman–Crippen LogP) is 5.64. The Morgan fingerprint density at radius 2 is 1.68 bits per heavy atom. The quantitative estimate of drug-likeness (QED) is 0.226. The molecule has 3 rings (SSSR count). The van der Waals surface area contributed by atoms with Gasteiger partial charge in [0.1, 0.15) is 23.1 Å². The molecule has 0 saturated heterocycles. The van der Waals surface area contributed by atoms with Gasteiger partial charge in [-0.3, -0.25) is 0 Å². The number of para-hydroxylation sites is 1. The Morgan fingerprint density at radius 3 is 2.36 bits per heavy atom. The first-order chi connectivity index (χ1) is 13.6. The summed E-state index contributed by atoms with van der Waals surface area (Å²) in [4.78, 5) is 12.5. The highest BCUT2D eigenvalue weighted by Crippen LogP contribution is 2.31. The summed E-state index contributed by atoms with van der Waals surface area (Å²) in [5, 5.41) is 9.39. The van der Waals surface area contributed by atoms with Gasteiger partial charge in [-0.25, -0.2) is 4.79 Å². The van der Waals surface area contributed by atoms with E-state index >= 15 is 0 Å². The van der Waals surface area contributed by atoms with Crippen molar-refractivity contribution in [3.63, 3.8) is 0 Å². The molecule has 0 aliphatic carbocycles. The van der Waals surface area contributed by atoms with E-state index in [-0.39, 0.29) is 5.57 Å². The minimum absolute atomic E-state index is 0.122. The Morgan fingerprint density at radius 1 is 0.964 bits per heavy atom. The van der Waals surface area contributed by atoms with Crippen LogP contribution in [0.2, 0.25) is 0 Å². The second kappa shape index (κ2) is 9.03. The van der Waals surface area contributed by atoms with E-state index in [1.165, 1.54) is 13.2 Å². The van der Waals surface area contributed by atoms with Crippen LogP contribution in [-0.4, -0.2) is 13.1 Å². The number of hydrogen-bond donors (Lipinski definition) is 0. The van der Waals surface area contributed by atoms with Crippen molar-refractivity contribution in [3.05, 3.63) is 88.4 Å². The zero-order valence-electron chi connectivity index (χ0n) is 15.1. The lowest BCUT2D eigenvalue weighted by atomic mass is 10.1. The highest BCUT2D eigenvalue weighted by molar-refractivity contribution is 9.10. The van der Waals surface area contributed by atoms with E-state index in [0.717, 1.165) is 11.1 Å². The third-order valence-electron chi connectivity index (χ3n) is 4.02. The fraction of sp³-hybridized carbons (Fsp3) is 0.0435. The number of rotatable bonds is 5. The van der Waals surface area contributed by atoms with E-state index in [4.69, 9.17) is 9.47 Å². The second-order valence-electron chi connectivity index (χ2n) is 5.81. The third-order valence-corrected chi connectivity index (χ3v) is 4.64. The summed E-state index contributed by atoms with van der Waals surface area (Å²) in [6.45, 7) is 0. The molecule has 0 bridgehead atoms. The minimum Gasteiger partial charge on any atom is -0.496 e. The van der Waals surface area contributed by atoms with Crippen molar-refractivity contribution in [3.8, 4) is 28.7 Å². The first-order valence-electron chi connectivity index (χ1n) is 8.44. The standard InChI is InChI=1S/C23H16BrNO3/c1-27-21-10-6-5-9-18(21)13-19(15-25)23(26)28-22-12-11-17(14-20(22)24)16-7-3-2-4-8-16/h2-14H,1H3/b19-13+. The number of ether oxygens (including phenoxy) is 2. The summed E-state index contributed by atoms with van der Waals surface area (Å²) in [7, 11) is 1.53. The molecule has 3 aromatic carbocycles. The van der Waals surface area contributed by atoms with Gasteiger partial charge in [-0.1, -0.05) is 54.6 Å². The Labute approximate surface area is 171 Å². The average Bonchev–Trinajstić information content (AvgIpc) is 2.74. The van der Waals surface area contributed by atoms with Crippen LogP contribution in [0.3, 0.4) is 0 Å². The molecular formula is C23H16BrNO3. The maximum atomic E-state index is 12.5. The molecule has 0 unspecified atom stereocenters. The molecule has 0 atom stereocenters. The molecule has 0 aliphatic rings. The van der Waals surface area contributed by atoms with Crippen LogP contribution >= 0.6 is 15.9 Å². The molecule has 0 spiro atoms. The first-order valence-corrected chi connectivity index (χ1v) is 9.23. The average molecular weight is 434 g/mol. The lowest BCUT2D eigenvalue weighted by Crippen LogP contribution is -2.10. The smallest absolute Gasteiger partial charge is 0.354 e. The van der Waals surface area contributed by atoms with E-state index in [2.05, 4.69) is 15.9 Å². The third kappa shape index (κ3) is 4.48. The fourth-order valence-electron chi connectivity index (χ4n) is 2.63. The van der Waals surface area contributed by atoms with Gasteiger partial charge < -0.3 is 9.47 Å². The van der Waals surface area contributed by atoms with Crippen molar-refractivity contribution in [1.82, 2.24) is 0 Å². The van der Waals surface area contributed by atoms with Crippen LogP contribution < -0.4 is 9.47 Å². The zero-order valence-corrected chi connectivity index (χ0v) is 16.6. The van der Waals surface area contributed by atoms with Gasteiger partial charge >= 0.3 is 5.97 Å². The Hall–Kier alpha value is -3.36. The molecule has 0 fully saturated rings. The van der Waals surface area contributed by atoms with Crippen LogP contribution in [0.1, 0.15) is 5.56 Å². The number of benzene rings is 3. The van der Waals surface area contributed by atoms with E-state index in [0.29, 0.717) is 21.5 Å². The van der Waals surface area contributed by atoms with Crippen LogP contribution in [0.25, 0.3) is 17.2 Å². The van der Waals surface area contributed by atoms with Gasteiger partial charge in [-0.15, -0.1) is 0 Å². The van der Waals surface area contributed by atoms with Crippen molar-refractivity contribution in [2.75, 3.05) is 7.11 Å². The largest absolute Gasteiger partial charge is 0.496 e. The Balaban J connectivity index is 1.83. The maximum absolute atomic E-state index is 12.5. The number of nitriles is 1. The van der Waals surface area contributed by atoms with E-state index in [9.17, 15) is 10.1 Å². The second-order valence-corrected chi connectivity index (χ2v) is 6.67. The van der Waals surface area contributed by atoms with Crippen molar-refractivity contribution in [2.45, 2.75) is 0 Å². The van der Waals surface area contributed by atoms with Crippen LogP contribution in [0.4, 0.5) is 0 Å². The zero-order chi connectivity index (χ0) is 19.9. The Kier molecular flexibility index (Phi) is 6.25. The van der Waals surface area contributed by atoms with E-state index in [1.807, 2.05) is 54.6 Å².